The molecular formula is C44H28N2O. The SMILES string of the molecule is c1ccc(N(c2ccc3ccc4cc5oc6ccccc6c5cc4c3c2)c2ccc3c(c2)c2ccccc2n3-c2ccccc2)cc1. The van der Waals surface area contributed by atoms with Crippen LogP contribution in [-0.4, -0.2) is 4.57 Å². The van der Waals surface area contributed by atoms with Gasteiger partial charge in [-0.1, -0.05) is 91.0 Å². The van der Waals surface area contributed by atoms with Crippen LogP contribution in [0.1, 0.15) is 0 Å². The van der Waals surface area contributed by atoms with E-state index in [9.17, 15) is 0 Å². The lowest BCUT2D eigenvalue weighted by Gasteiger charge is -2.26. The van der Waals surface area contributed by atoms with Crippen molar-refractivity contribution in [1.82, 2.24) is 4.57 Å². The number of nitrogens with zero attached hydrogens (tertiary/aromatic N) is 2. The summed E-state index contributed by atoms with van der Waals surface area (Å²) in [4.78, 5) is 2.37. The van der Waals surface area contributed by atoms with E-state index in [1.807, 2.05) is 12.1 Å². The molecule has 47 heavy (non-hydrogen) atoms. The molecule has 10 rings (SSSR count). The Balaban J connectivity index is 1.21. The highest BCUT2D eigenvalue weighted by molar-refractivity contribution is 6.17. The number of aromatic nitrogens is 1. The molecule has 3 heteroatoms. The molecule has 0 aliphatic carbocycles. The number of hydrogen-bond donors (Lipinski definition) is 0. The van der Waals surface area contributed by atoms with Crippen molar-refractivity contribution in [2.24, 2.45) is 0 Å². The molecule has 2 aromatic heterocycles. The smallest absolute Gasteiger partial charge is 0.136 e. The Kier molecular flexibility index (Phi) is 5.57. The Hall–Kier alpha value is -6.32. The van der Waals surface area contributed by atoms with Crippen LogP contribution in [0, 0.1) is 0 Å². The second-order valence-electron chi connectivity index (χ2n) is 12.2. The van der Waals surface area contributed by atoms with Gasteiger partial charge in [-0.3, -0.25) is 0 Å². The van der Waals surface area contributed by atoms with Crippen LogP contribution in [0.25, 0.3) is 71.0 Å². The summed E-state index contributed by atoms with van der Waals surface area (Å²) in [5.41, 5.74) is 8.73. The summed E-state index contributed by atoms with van der Waals surface area (Å²) in [5, 5.41) is 9.57. The number of furan rings is 1. The molecular weight excluding hydrogens is 572 g/mol. The molecule has 0 aliphatic rings. The molecule has 0 unspecified atom stereocenters. The first-order valence-electron chi connectivity index (χ1n) is 16.0. The molecule has 0 N–H and O–H groups in total. The lowest BCUT2D eigenvalue weighted by atomic mass is 9.99. The number of rotatable bonds is 4. The van der Waals surface area contributed by atoms with Crippen molar-refractivity contribution >= 4 is 82.4 Å². The first-order chi connectivity index (χ1) is 23.3. The van der Waals surface area contributed by atoms with Crippen molar-refractivity contribution in [2.45, 2.75) is 0 Å². The van der Waals surface area contributed by atoms with Crippen molar-refractivity contribution < 1.29 is 4.42 Å². The Morgan fingerprint density at radius 2 is 0.979 bits per heavy atom. The van der Waals surface area contributed by atoms with E-state index in [0.29, 0.717) is 0 Å². The Bertz CT molecular complexity index is 2790. The molecule has 0 amide bonds. The van der Waals surface area contributed by atoms with Gasteiger partial charge in [0, 0.05) is 44.3 Å². The van der Waals surface area contributed by atoms with Crippen LogP contribution in [0.3, 0.4) is 0 Å². The molecule has 0 aliphatic heterocycles. The molecule has 8 aromatic carbocycles. The van der Waals surface area contributed by atoms with Crippen LogP contribution in [-0.2, 0) is 0 Å². The minimum absolute atomic E-state index is 0.919. The molecule has 0 saturated heterocycles. The van der Waals surface area contributed by atoms with Crippen LogP contribution in [0.15, 0.2) is 174 Å². The summed E-state index contributed by atoms with van der Waals surface area (Å²) in [5.74, 6) is 0. The third kappa shape index (κ3) is 4.00. The summed E-state index contributed by atoms with van der Waals surface area (Å²) >= 11 is 0. The van der Waals surface area contributed by atoms with E-state index in [-0.39, 0.29) is 0 Å². The Labute approximate surface area is 271 Å². The summed E-state index contributed by atoms with van der Waals surface area (Å²) in [6.45, 7) is 0. The van der Waals surface area contributed by atoms with Gasteiger partial charge < -0.3 is 13.9 Å². The monoisotopic (exact) mass is 600 g/mol. The summed E-state index contributed by atoms with van der Waals surface area (Å²) in [6, 6.07) is 60.9. The zero-order chi connectivity index (χ0) is 30.9. The maximum atomic E-state index is 6.24. The number of anilines is 3. The van der Waals surface area contributed by atoms with Crippen LogP contribution in [0.4, 0.5) is 17.1 Å². The predicted octanol–water partition coefficient (Wildman–Crippen LogP) is 12.5. The molecule has 3 nitrogen and oxygen atoms in total. The van der Waals surface area contributed by atoms with Crippen molar-refractivity contribution in [3.8, 4) is 5.69 Å². The first kappa shape index (κ1) is 26.0. The summed E-state index contributed by atoms with van der Waals surface area (Å²) in [6.07, 6.45) is 0. The van der Waals surface area contributed by atoms with E-state index in [1.165, 1.54) is 43.4 Å². The molecule has 220 valence electrons. The van der Waals surface area contributed by atoms with Gasteiger partial charge in [0.05, 0.1) is 11.0 Å². The standard InChI is InChI=1S/C44H28N2O/c1-3-11-31(12-4-1)45(34-23-24-42-39(27-34)35-15-7-9-17-41(35)46(42)32-13-5-2-6-14-32)33-22-21-29-19-20-30-25-44-40(28-38(30)37(29)26-33)36-16-8-10-18-43(36)47-44/h1-28H. The molecule has 0 bridgehead atoms. The van der Waals surface area contributed by atoms with Gasteiger partial charge in [-0.2, -0.15) is 0 Å². The van der Waals surface area contributed by atoms with Gasteiger partial charge in [0.15, 0.2) is 0 Å². The van der Waals surface area contributed by atoms with E-state index in [0.717, 1.165) is 44.7 Å². The maximum absolute atomic E-state index is 6.24. The fourth-order valence-electron chi connectivity index (χ4n) is 7.38. The molecule has 0 atom stereocenters. The molecule has 10 aromatic rings. The zero-order valence-corrected chi connectivity index (χ0v) is 25.5. The van der Waals surface area contributed by atoms with Gasteiger partial charge in [-0.15, -0.1) is 0 Å². The zero-order valence-electron chi connectivity index (χ0n) is 25.5. The molecule has 0 saturated carbocycles. The summed E-state index contributed by atoms with van der Waals surface area (Å²) < 4.78 is 8.60. The topological polar surface area (TPSA) is 21.3 Å². The van der Waals surface area contributed by atoms with E-state index in [1.54, 1.807) is 0 Å². The van der Waals surface area contributed by atoms with Gasteiger partial charge in [0.25, 0.3) is 0 Å². The van der Waals surface area contributed by atoms with E-state index >= 15 is 0 Å². The number of para-hydroxylation sites is 4. The van der Waals surface area contributed by atoms with Gasteiger partial charge in [-0.25, -0.2) is 0 Å². The maximum Gasteiger partial charge on any atom is 0.136 e. The lowest BCUT2D eigenvalue weighted by molar-refractivity contribution is 0.669. The highest BCUT2D eigenvalue weighted by Crippen LogP contribution is 2.42. The van der Waals surface area contributed by atoms with E-state index in [2.05, 4.69) is 167 Å². The molecule has 0 spiro atoms. The Morgan fingerprint density at radius 3 is 1.83 bits per heavy atom. The Morgan fingerprint density at radius 1 is 0.362 bits per heavy atom. The molecule has 0 fully saturated rings. The average Bonchev–Trinajstić information content (AvgIpc) is 3.66. The highest BCUT2D eigenvalue weighted by atomic mass is 16.3. The van der Waals surface area contributed by atoms with Crippen LogP contribution >= 0.6 is 0 Å². The summed E-state index contributed by atoms with van der Waals surface area (Å²) in [7, 11) is 0. The minimum Gasteiger partial charge on any atom is -0.456 e. The van der Waals surface area contributed by atoms with E-state index < -0.39 is 0 Å². The van der Waals surface area contributed by atoms with E-state index in [4.69, 9.17) is 4.42 Å². The van der Waals surface area contributed by atoms with Crippen molar-refractivity contribution in [2.75, 3.05) is 4.90 Å². The van der Waals surface area contributed by atoms with Crippen molar-refractivity contribution in [3.63, 3.8) is 0 Å². The fourth-order valence-corrected chi connectivity index (χ4v) is 7.38. The predicted molar refractivity (Wildman–Crippen MR) is 198 cm³/mol. The minimum atomic E-state index is 0.919. The second-order valence-corrected chi connectivity index (χ2v) is 12.2. The lowest BCUT2D eigenvalue weighted by Crippen LogP contribution is -2.09. The van der Waals surface area contributed by atoms with Gasteiger partial charge in [0.1, 0.15) is 11.2 Å². The third-order valence-electron chi connectivity index (χ3n) is 9.52. The van der Waals surface area contributed by atoms with Gasteiger partial charge in [-0.05, 0) is 100 Å². The average molecular weight is 601 g/mol. The third-order valence-corrected chi connectivity index (χ3v) is 9.52. The van der Waals surface area contributed by atoms with Crippen molar-refractivity contribution in [1.29, 1.82) is 0 Å². The number of fused-ring (bicyclic) bond motifs is 9. The van der Waals surface area contributed by atoms with Crippen LogP contribution < -0.4 is 4.90 Å². The van der Waals surface area contributed by atoms with Gasteiger partial charge in [0.2, 0.25) is 0 Å². The highest BCUT2D eigenvalue weighted by Gasteiger charge is 2.18. The molecule has 2 heterocycles. The fraction of sp³-hybridized carbons (Fsp3) is 0. The second kappa shape index (κ2) is 10.1. The first-order valence-corrected chi connectivity index (χ1v) is 16.0. The van der Waals surface area contributed by atoms with Crippen LogP contribution in [0.2, 0.25) is 0 Å². The number of hydrogen-bond acceptors (Lipinski definition) is 2. The van der Waals surface area contributed by atoms with Crippen molar-refractivity contribution in [3.05, 3.63) is 170 Å². The van der Waals surface area contributed by atoms with Gasteiger partial charge >= 0.3 is 0 Å². The quantitative estimate of drug-likeness (QED) is 0.187. The normalized spacial score (nSPS) is 11.8. The van der Waals surface area contributed by atoms with Crippen LogP contribution in [0.5, 0.6) is 0 Å². The number of benzene rings is 8. The molecule has 0 radical (unpaired) electrons. The largest absolute Gasteiger partial charge is 0.456 e.